The Morgan fingerprint density at radius 2 is 0.565 bits per heavy atom. The van der Waals surface area contributed by atoms with Gasteiger partial charge in [-0.1, -0.05) is 54.6 Å². The van der Waals surface area contributed by atoms with Crippen molar-refractivity contribution in [1.82, 2.24) is 0 Å². The minimum atomic E-state index is 0. The van der Waals surface area contributed by atoms with Gasteiger partial charge in [-0.15, -0.1) is 17.0 Å². The number of para-hydroxylation sites is 3. The fraction of sp³-hybridized carbons (Fsp3) is 0. The minimum absolute atomic E-state index is 0. The molecule has 23 heavy (non-hydrogen) atoms. The molecule has 0 spiro atoms. The average molecular weight is 411 g/mol. The molecule has 5 heteroatoms. The molecule has 0 aliphatic carbocycles. The van der Waals surface area contributed by atoms with Crippen LogP contribution in [0.25, 0.3) is 0 Å². The van der Waals surface area contributed by atoms with Gasteiger partial charge in [-0.3, -0.25) is 0 Å². The van der Waals surface area contributed by atoms with Gasteiger partial charge in [0.2, 0.25) is 0 Å². The van der Waals surface area contributed by atoms with Crippen LogP contribution in [0.15, 0.2) is 91.0 Å². The van der Waals surface area contributed by atoms with E-state index >= 15 is 0 Å². The monoisotopic (exact) mass is 410 g/mol. The summed E-state index contributed by atoms with van der Waals surface area (Å²) in [6.45, 7) is 0. The van der Waals surface area contributed by atoms with Crippen LogP contribution in [0.5, 0.6) is 17.2 Å². The standard InChI is InChI=1S/3C6H6O.BrH.Ti/c3*7-6-4-2-1-3-5-6;;/h3*1-5,7H;1H;. The number of phenolic OH excluding ortho intramolecular Hbond substituents is 3. The van der Waals surface area contributed by atoms with E-state index in [0.717, 1.165) is 0 Å². The van der Waals surface area contributed by atoms with Crippen molar-refractivity contribution in [3.63, 3.8) is 0 Å². The molecule has 0 heterocycles. The molecule has 0 aromatic heterocycles. The topological polar surface area (TPSA) is 60.7 Å². The Morgan fingerprint density at radius 3 is 0.652 bits per heavy atom. The van der Waals surface area contributed by atoms with Crippen LogP contribution in [0.1, 0.15) is 0 Å². The molecule has 3 aromatic rings. The van der Waals surface area contributed by atoms with E-state index in [2.05, 4.69) is 0 Å². The van der Waals surface area contributed by atoms with Crippen LogP contribution >= 0.6 is 17.0 Å². The predicted molar refractivity (Wildman–Crippen MR) is 94.6 cm³/mol. The van der Waals surface area contributed by atoms with Gasteiger partial charge in [0.05, 0.1) is 0 Å². The molecule has 3 nitrogen and oxygen atoms in total. The summed E-state index contributed by atoms with van der Waals surface area (Å²) in [4.78, 5) is 0. The minimum Gasteiger partial charge on any atom is -0.508 e. The maximum atomic E-state index is 8.63. The van der Waals surface area contributed by atoms with Crippen LogP contribution in [0.4, 0.5) is 0 Å². The van der Waals surface area contributed by atoms with Gasteiger partial charge in [0, 0.05) is 21.7 Å². The zero-order valence-corrected chi connectivity index (χ0v) is 15.7. The number of phenols is 3. The first kappa shape index (κ1) is 23.5. The Morgan fingerprint density at radius 1 is 0.391 bits per heavy atom. The van der Waals surface area contributed by atoms with E-state index in [1.54, 1.807) is 72.8 Å². The molecule has 0 aliphatic rings. The average Bonchev–Trinajstić information content (AvgIpc) is 2.51. The number of halogens is 1. The molecule has 0 radical (unpaired) electrons. The van der Waals surface area contributed by atoms with Crippen LogP contribution < -0.4 is 0 Å². The number of hydrogen-bond donors (Lipinski definition) is 3. The Hall–Kier alpha value is -1.75. The second kappa shape index (κ2) is 15.2. The largest absolute Gasteiger partial charge is 0.508 e. The first-order valence-corrected chi connectivity index (χ1v) is 6.40. The smallest absolute Gasteiger partial charge is 0.115 e. The fourth-order valence-corrected chi connectivity index (χ4v) is 1.28. The molecule has 0 fully saturated rings. The molecule has 0 saturated carbocycles. The third-order valence-electron chi connectivity index (χ3n) is 2.27. The van der Waals surface area contributed by atoms with Crippen LogP contribution in [-0.2, 0) is 21.7 Å². The van der Waals surface area contributed by atoms with Crippen molar-refractivity contribution < 1.29 is 37.0 Å². The Bertz CT molecular complexity index is 503. The van der Waals surface area contributed by atoms with E-state index in [1.165, 1.54) is 0 Å². The van der Waals surface area contributed by atoms with Crippen molar-refractivity contribution in [2.75, 3.05) is 0 Å². The number of hydrogen-bond acceptors (Lipinski definition) is 3. The molecule has 0 bridgehead atoms. The van der Waals surface area contributed by atoms with E-state index in [0.29, 0.717) is 17.2 Å². The first-order valence-electron chi connectivity index (χ1n) is 6.40. The van der Waals surface area contributed by atoms with Crippen LogP contribution in [0, 0.1) is 0 Å². The SMILES string of the molecule is Br.Oc1ccccc1.Oc1ccccc1.Oc1ccccc1.[Ti]. The van der Waals surface area contributed by atoms with Crippen LogP contribution in [-0.4, -0.2) is 15.3 Å². The Labute approximate surface area is 161 Å². The number of benzene rings is 3. The summed E-state index contributed by atoms with van der Waals surface area (Å²) in [5.74, 6) is 0.965. The molecule has 0 atom stereocenters. The Kier molecular flexibility index (Phi) is 15.5. The van der Waals surface area contributed by atoms with Crippen molar-refractivity contribution in [1.29, 1.82) is 0 Å². The van der Waals surface area contributed by atoms with Crippen molar-refractivity contribution in [3.05, 3.63) is 91.0 Å². The normalized spacial score (nSPS) is 7.83. The molecule has 0 unspecified atom stereocenters. The number of aromatic hydroxyl groups is 3. The van der Waals surface area contributed by atoms with Gasteiger partial charge in [0.15, 0.2) is 0 Å². The van der Waals surface area contributed by atoms with Crippen molar-refractivity contribution in [3.8, 4) is 17.2 Å². The van der Waals surface area contributed by atoms with E-state index in [9.17, 15) is 0 Å². The zero-order valence-electron chi connectivity index (χ0n) is 12.4. The predicted octanol–water partition coefficient (Wildman–Crippen LogP) is 4.75. The second-order valence-corrected chi connectivity index (χ2v) is 4.01. The van der Waals surface area contributed by atoms with Gasteiger partial charge in [-0.2, -0.15) is 0 Å². The third-order valence-corrected chi connectivity index (χ3v) is 2.27. The van der Waals surface area contributed by atoms with E-state index < -0.39 is 0 Å². The summed E-state index contributed by atoms with van der Waals surface area (Å²) in [6.07, 6.45) is 0. The maximum Gasteiger partial charge on any atom is 0.115 e. The molecule has 3 N–H and O–H groups in total. The third kappa shape index (κ3) is 13.6. The second-order valence-electron chi connectivity index (χ2n) is 4.01. The van der Waals surface area contributed by atoms with Gasteiger partial charge in [-0.05, 0) is 36.4 Å². The summed E-state index contributed by atoms with van der Waals surface area (Å²) >= 11 is 0. The summed E-state index contributed by atoms with van der Waals surface area (Å²) in [7, 11) is 0. The Balaban J connectivity index is 0. The van der Waals surface area contributed by atoms with E-state index in [1.807, 2.05) is 18.2 Å². The van der Waals surface area contributed by atoms with Crippen molar-refractivity contribution >= 4 is 17.0 Å². The molecule has 0 amide bonds. The van der Waals surface area contributed by atoms with Gasteiger partial charge < -0.3 is 15.3 Å². The van der Waals surface area contributed by atoms with Crippen molar-refractivity contribution in [2.45, 2.75) is 0 Å². The maximum absolute atomic E-state index is 8.63. The van der Waals surface area contributed by atoms with Gasteiger partial charge in [0.1, 0.15) is 17.2 Å². The molecule has 120 valence electrons. The van der Waals surface area contributed by atoms with E-state index in [4.69, 9.17) is 15.3 Å². The number of rotatable bonds is 0. The zero-order chi connectivity index (χ0) is 15.3. The van der Waals surface area contributed by atoms with Gasteiger partial charge >= 0.3 is 0 Å². The molecule has 3 aromatic carbocycles. The molecule has 3 rings (SSSR count). The molecular formula is C18H19BrO3Ti. The first-order chi connectivity index (χ1) is 10.2. The molecule has 0 saturated heterocycles. The summed E-state index contributed by atoms with van der Waals surface area (Å²) in [6, 6.07) is 26.1. The van der Waals surface area contributed by atoms with Gasteiger partial charge in [0.25, 0.3) is 0 Å². The van der Waals surface area contributed by atoms with Crippen molar-refractivity contribution in [2.24, 2.45) is 0 Å². The summed E-state index contributed by atoms with van der Waals surface area (Å²) in [5.41, 5.74) is 0. The summed E-state index contributed by atoms with van der Waals surface area (Å²) < 4.78 is 0. The van der Waals surface area contributed by atoms with Crippen LogP contribution in [0.3, 0.4) is 0 Å². The summed E-state index contributed by atoms with van der Waals surface area (Å²) in [5, 5.41) is 25.9. The van der Waals surface area contributed by atoms with Crippen LogP contribution in [0.2, 0.25) is 0 Å². The fourth-order valence-electron chi connectivity index (χ4n) is 1.28. The molecule has 0 aliphatic heterocycles. The quantitative estimate of drug-likeness (QED) is 0.468. The van der Waals surface area contributed by atoms with E-state index in [-0.39, 0.29) is 38.7 Å². The van der Waals surface area contributed by atoms with Gasteiger partial charge in [-0.25, -0.2) is 0 Å². The molecular weight excluding hydrogens is 392 g/mol.